The van der Waals surface area contributed by atoms with E-state index in [1.807, 2.05) is 0 Å². The van der Waals surface area contributed by atoms with Crippen molar-refractivity contribution in [2.45, 2.75) is 10.1 Å². The maximum absolute atomic E-state index is 13.1. The molecule has 0 bridgehead atoms. The van der Waals surface area contributed by atoms with Crippen LogP contribution in [0.3, 0.4) is 0 Å². The van der Waals surface area contributed by atoms with E-state index in [1.54, 1.807) is 30.6 Å². The zero-order valence-electron chi connectivity index (χ0n) is 9.94. The molecule has 2 aromatic heterocycles. The first-order valence-electron chi connectivity index (χ1n) is 5.56. The molecular weight excluding hydrogens is 301 g/mol. The molecule has 3 aromatic rings. The average Bonchev–Trinajstić information content (AvgIpc) is 2.91. The molecule has 1 aromatic carbocycles. The number of rotatable bonds is 3. The van der Waals surface area contributed by atoms with Crippen LogP contribution in [0.2, 0.25) is 5.28 Å². The lowest BCUT2D eigenvalue weighted by atomic mass is 10.4. The van der Waals surface area contributed by atoms with Crippen LogP contribution in [0.15, 0.2) is 52.8 Å². The van der Waals surface area contributed by atoms with E-state index >= 15 is 0 Å². The first-order chi connectivity index (χ1) is 9.70. The van der Waals surface area contributed by atoms with Gasteiger partial charge in [0.05, 0.1) is 0 Å². The van der Waals surface area contributed by atoms with E-state index in [0.29, 0.717) is 16.0 Å². The highest BCUT2D eigenvalue weighted by Gasteiger charge is 2.09. The molecule has 0 N–H and O–H groups in total. The lowest BCUT2D eigenvalue weighted by molar-refractivity contribution is 0.624. The lowest BCUT2D eigenvalue weighted by Gasteiger charge is -2.03. The van der Waals surface area contributed by atoms with Gasteiger partial charge in [-0.05, 0) is 47.6 Å². The zero-order valence-corrected chi connectivity index (χ0v) is 11.5. The van der Waals surface area contributed by atoms with Crippen molar-refractivity contribution in [3.63, 3.8) is 0 Å². The van der Waals surface area contributed by atoms with Gasteiger partial charge < -0.3 is 0 Å². The Bertz CT molecular complexity index is 734. The first-order valence-corrected chi connectivity index (χ1v) is 6.75. The normalized spacial score (nSPS) is 10.7. The van der Waals surface area contributed by atoms with Crippen LogP contribution in [0.25, 0.3) is 5.95 Å². The highest BCUT2D eigenvalue weighted by Crippen LogP contribution is 2.26. The molecule has 0 amide bonds. The summed E-state index contributed by atoms with van der Waals surface area (Å²) in [5.74, 6) is -0.00337. The summed E-state index contributed by atoms with van der Waals surface area (Å²) in [6, 6.07) is 7.90. The van der Waals surface area contributed by atoms with Crippen LogP contribution in [-0.2, 0) is 0 Å². The van der Waals surface area contributed by atoms with E-state index < -0.39 is 0 Å². The summed E-state index contributed by atoms with van der Waals surface area (Å²) in [7, 11) is 0. The third kappa shape index (κ3) is 2.94. The molecule has 0 atom stereocenters. The number of nitrogens with zero attached hydrogens (tertiary/aromatic N) is 5. The SMILES string of the molecule is Fc1cccc(Sc2nc(Cl)nc(-n3cccn3)n2)c1. The maximum atomic E-state index is 13.1. The van der Waals surface area contributed by atoms with Gasteiger partial charge in [-0.2, -0.15) is 20.1 Å². The Morgan fingerprint density at radius 1 is 1.15 bits per heavy atom. The zero-order chi connectivity index (χ0) is 13.9. The van der Waals surface area contributed by atoms with E-state index in [-0.39, 0.29) is 11.1 Å². The van der Waals surface area contributed by atoms with Gasteiger partial charge in [-0.15, -0.1) is 0 Å². The van der Waals surface area contributed by atoms with Crippen molar-refractivity contribution in [3.05, 3.63) is 53.8 Å². The standard InChI is InChI=1S/C12H7ClFN5S/c13-10-16-11(19-6-2-5-15-19)18-12(17-10)20-9-4-1-3-8(14)7-9/h1-7H. The van der Waals surface area contributed by atoms with Crippen molar-refractivity contribution in [2.75, 3.05) is 0 Å². The number of hydrogen-bond donors (Lipinski definition) is 0. The van der Waals surface area contributed by atoms with Gasteiger partial charge in [0.2, 0.25) is 5.28 Å². The van der Waals surface area contributed by atoms with Gasteiger partial charge in [0.15, 0.2) is 5.16 Å². The van der Waals surface area contributed by atoms with Crippen LogP contribution >= 0.6 is 23.4 Å². The molecule has 0 spiro atoms. The van der Waals surface area contributed by atoms with E-state index in [1.165, 1.54) is 28.6 Å². The molecular formula is C12H7ClFN5S. The summed E-state index contributed by atoms with van der Waals surface area (Å²) >= 11 is 7.07. The summed E-state index contributed by atoms with van der Waals surface area (Å²) in [6.07, 6.45) is 3.30. The Morgan fingerprint density at radius 3 is 2.80 bits per heavy atom. The average molecular weight is 308 g/mol. The molecule has 0 fully saturated rings. The quantitative estimate of drug-likeness (QED) is 0.744. The summed E-state index contributed by atoms with van der Waals surface area (Å²) in [6.45, 7) is 0. The third-order valence-electron chi connectivity index (χ3n) is 2.29. The van der Waals surface area contributed by atoms with Gasteiger partial charge in [0.1, 0.15) is 5.82 Å². The highest BCUT2D eigenvalue weighted by molar-refractivity contribution is 7.99. The topological polar surface area (TPSA) is 56.5 Å². The molecule has 0 aliphatic rings. The molecule has 0 radical (unpaired) electrons. The fourth-order valence-corrected chi connectivity index (χ4v) is 2.49. The molecule has 0 aliphatic heterocycles. The van der Waals surface area contributed by atoms with Crippen LogP contribution < -0.4 is 0 Å². The van der Waals surface area contributed by atoms with Gasteiger partial charge in [-0.25, -0.2) is 9.07 Å². The second-order valence-corrected chi connectivity index (χ2v) is 5.08. The van der Waals surface area contributed by atoms with Crippen LogP contribution in [0, 0.1) is 5.82 Å². The second-order valence-electron chi connectivity index (χ2n) is 3.70. The Balaban J connectivity index is 1.94. The molecule has 0 saturated heterocycles. The van der Waals surface area contributed by atoms with Crippen LogP contribution in [-0.4, -0.2) is 24.7 Å². The monoisotopic (exact) mass is 307 g/mol. The van der Waals surface area contributed by atoms with Crippen molar-refractivity contribution >= 4 is 23.4 Å². The van der Waals surface area contributed by atoms with Gasteiger partial charge in [0, 0.05) is 17.3 Å². The number of aromatic nitrogens is 5. The summed E-state index contributed by atoms with van der Waals surface area (Å²) in [5.41, 5.74) is 0. The van der Waals surface area contributed by atoms with Crippen molar-refractivity contribution in [1.82, 2.24) is 24.7 Å². The summed E-state index contributed by atoms with van der Waals surface area (Å²) < 4.78 is 14.6. The first kappa shape index (κ1) is 13.0. The van der Waals surface area contributed by atoms with Crippen molar-refractivity contribution < 1.29 is 4.39 Å². The second kappa shape index (κ2) is 5.56. The van der Waals surface area contributed by atoms with E-state index in [4.69, 9.17) is 11.6 Å². The fourth-order valence-electron chi connectivity index (χ4n) is 1.49. The molecule has 20 heavy (non-hydrogen) atoms. The number of halogens is 2. The predicted octanol–water partition coefficient (Wildman–Crippen LogP) is 3.00. The molecule has 0 aliphatic carbocycles. The number of hydrogen-bond acceptors (Lipinski definition) is 5. The number of benzene rings is 1. The third-order valence-corrected chi connectivity index (χ3v) is 3.31. The molecule has 0 unspecified atom stereocenters. The highest BCUT2D eigenvalue weighted by atomic mass is 35.5. The molecule has 3 rings (SSSR count). The van der Waals surface area contributed by atoms with Gasteiger partial charge in [-0.3, -0.25) is 0 Å². The van der Waals surface area contributed by atoms with Crippen LogP contribution in [0.1, 0.15) is 0 Å². The Labute approximate surface area is 122 Å². The van der Waals surface area contributed by atoms with E-state index in [2.05, 4.69) is 20.1 Å². The Hall–Kier alpha value is -1.99. The molecule has 0 saturated carbocycles. The van der Waals surface area contributed by atoms with Crippen LogP contribution in [0.5, 0.6) is 0 Å². The van der Waals surface area contributed by atoms with Crippen molar-refractivity contribution in [2.24, 2.45) is 0 Å². The van der Waals surface area contributed by atoms with Crippen molar-refractivity contribution in [3.8, 4) is 5.95 Å². The lowest BCUT2D eigenvalue weighted by Crippen LogP contribution is -2.04. The van der Waals surface area contributed by atoms with Crippen LogP contribution in [0.4, 0.5) is 4.39 Å². The van der Waals surface area contributed by atoms with E-state index in [0.717, 1.165) is 0 Å². The van der Waals surface area contributed by atoms with Gasteiger partial charge >= 0.3 is 0 Å². The summed E-state index contributed by atoms with van der Waals surface area (Å²) in [4.78, 5) is 12.9. The minimum Gasteiger partial charge on any atom is -0.207 e. The minimum absolute atomic E-state index is 0.0596. The smallest absolute Gasteiger partial charge is 0.207 e. The predicted molar refractivity (Wildman–Crippen MR) is 72.5 cm³/mol. The molecule has 5 nitrogen and oxygen atoms in total. The van der Waals surface area contributed by atoms with Crippen molar-refractivity contribution in [1.29, 1.82) is 0 Å². The van der Waals surface area contributed by atoms with Gasteiger partial charge in [0.25, 0.3) is 5.95 Å². The van der Waals surface area contributed by atoms with Gasteiger partial charge in [-0.1, -0.05) is 6.07 Å². The fraction of sp³-hybridized carbons (Fsp3) is 0. The Kier molecular flexibility index (Phi) is 3.62. The molecule has 8 heteroatoms. The maximum Gasteiger partial charge on any atom is 0.255 e. The largest absolute Gasteiger partial charge is 0.255 e. The molecule has 2 heterocycles. The van der Waals surface area contributed by atoms with E-state index in [9.17, 15) is 4.39 Å². The Morgan fingerprint density at radius 2 is 2.05 bits per heavy atom. The molecule has 100 valence electrons. The summed E-state index contributed by atoms with van der Waals surface area (Å²) in [5, 5.41) is 4.46. The minimum atomic E-state index is -0.317.